The molecule has 3 nitrogen and oxygen atoms in total. The number of benzene rings is 1. The molecule has 2 rings (SSSR count). The summed E-state index contributed by atoms with van der Waals surface area (Å²) in [5, 5.41) is 3.44. The van der Waals surface area contributed by atoms with Crippen LogP contribution in [0.15, 0.2) is 24.3 Å². The van der Waals surface area contributed by atoms with Crippen molar-refractivity contribution in [1.82, 2.24) is 10.2 Å². The van der Waals surface area contributed by atoms with Gasteiger partial charge >= 0.3 is 0 Å². The molecule has 3 heteroatoms. The second-order valence-corrected chi connectivity index (χ2v) is 5.69. The van der Waals surface area contributed by atoms with Crippen molar-refractivity contribution in [3.8, 4) is 0 Å². The topological polar surface area (TPSA) is 18.5 Å². The van der Waals surface area contributed by atoms with E-state index in [0.29, 0.717) is 6.04 Å². The molecule has 0 bridgehead atoms. The van der Waals surface area contributed by atoms with Gasteiger partial charge in [-0.1, -0.05) is 32.0 Å². The Morgan fingerprint density at radius 3 is 2.45 bits per heavy atom. The fourth-order valence-corrected chi connectivity index (χ4v) is 2.89. The zero-order valence-electron chi connectivity index (χ0n) is 13.2. The molecule has 0 spiro atoms. The van der Waals surface area contributed by atoms with Crippen LogP contribution in [0.25, 0.3) is 0 Å². The summed E-state index contributed by atoms with van der Waals surface area (Å²) in [7, 11) is 0. The largest absolute Gasteiger partial charge is 0.369 e. The molecule has 0 aromatic heterocycles. The molecule has 0 radical (unpaired) electrons. The lowest BCUT2D eigenvalue weighted by Crippen LogP contribution is -2.49. The highest BCUT2D eigenvalue weighted by molar-refractivity contribution is 5.54. The van der Waals surface area contributed by atoms with E-state index in [1.807, 2.05) is 0 Å². The lowest BCUT2D eigenvalue weighted by atomic mass is 10.1. The maximum Gasteiger partial charge on any atom is 0.0412 e. The quantitative estimate of drug-likeness (QED) is 0.861. The summed E-state index contributed by atoms with van der Waals surface area (Å²) in [4.78, 5) is 5.16. The van der Waals surface area contributed by atoms with Crippen molar-refractivity contribution >= 4 is 5.69 Å². The van der Waals surface area contributed by atoms with Crippen LogP contribution in [0.5, 0.6) is 0 Å². The normalized spacial score (nSPS) is 18.2. The van der Waals surface area contributed by atoms with E-state index in [4.69, 9.17) is 0 Å². The van der Waals surface area contributed by atoms with Gasteiger partial charge in [0.2, 0.25) is 0 Å². The van der Waals surface area contributed by atoms with Crippen LogP contribution in [-0.4, -0.2) is 43.7 Å². The Morgan fingerprint density at radius 2 is 1.80 bits per heavy atom. The zero-order valence-corrected chi connectivity index (χ0v) is 13.2. The SMILES string of the molecule is CCNCc1ccccc1N1CCN(C(C)CC)CC1. The van der Waals surface area contributed by atoms with E-state index in [1.54, 1.807) is 0 Å². The lowest BCUT2D eigenvalue weighted by molar-refractivity contribution is 0.192. The second kappa shape index (κ2) is 7.65. The van der Waals surface area contributed by atoms with Crippen LogP contribution in [0, 0.1) is 0 Å². The first-order valence-electron chi connectivity index (χ1n) is 8.03. The van der Waals surface area contributed by atoms with Gasteiger partial charge in [-0.15, -0.1) is 0 Å². The summed E-state index contributed by atoms with van der Waals surface area (Å²) in [6.45, 7) is 13.4. The third kappa shape index (κ3) is 3.74. The second-order valence-electron chi connectivity index (χ2n) is 5.69. The molecule has 0 aliphatic carbocycles. The highest BCUT2D eigenvalue weighted by Crippen LogP contribution is 2.22. The summed E-state index contributed by atoms with van der Waals surface area (Å²) in [6, 6.07) is 9.54. The van der Waals surface area contributed by atoms with Gasteiger partial charge in [0.15, 0.2) is 0 Å². The fourth-order valence-electron chi connectivity index (χ4n) is 2.89. The van der Waals surface area contributed by atoms with Crippen molar-refractivity contribution in [3.63, 3.8) is 0 Å². The molecule has 1 N–H and O–H groups in total. The van der Waals surface area contributed by atoms with Crippen LogP contribution < -0.4 is 10.2 Å². The van der Waals surface area contributed by atoms with Crippen molar-refractivity contribution < 1.29 is 0 Å². The third-order valence-electron chi connectivity index (χ3n) is 4.43. The van der Waals surface area contributed by atoms with Gasteiger partial charge in [0.1, 0.15) is 0 Å². The number of piperazine rings is 1. The van der Waals surface area contributed by atoms with Gasteiger partial charge in [-0.2, -0.15) is 0 Å². The summed E-state index contributed by atoms with van der Waals surface area (Å²) in [5.74, 6) is 0. The third-order valence-corrected chi connectivity index (χ3v) is 4.43. The molecule has 0 saturated carbocycles. The Kier molecular flexibility index (Phi) is 5.86. The van der Waals surface area contributed by atoms with Gasteiger partial charge in [-0.05, 0) is 31.5 Å². The predicted octanol–water partition coefficient (Wildman–Crippen LogP) is 2.72. The summed E-state index contributed by atoms with van der Waals surface area (Å²) in [5.41, 5.74) is 2.84. The van der Waals surface area contributed by atoms with Crippen LogP contribution in [-0.2, 0) is 6.54 Å². The average molecular weight is 275 g/mol. The lowest BCUT2D eigenvalue weighted by Gasteiger charge is -2.39. The van der Waals surface area contributed by atoms with E-state index in [-0.39, 0.29) is 0 Å². The minimum absolute atomic E-state index is 0.717. The van der Waals surface area contributed by atoms with Crippen LogP contribution in [0.1, 0.15) is 32.8 Å². The van der Waals surface area contributed by atoms with Crippen LogP contribution in [0.4, 0.5) is 5.69 Å². The molecule has 1 unspecified atom stereocenters. The van der Waals surface area contributed by atoms with Crippen molar-refractivity contribution in [2.75, 3.05) is 37.6 Å². The van der Waals surface area contributed by atoms with Gasteiger partial charge in [-0.3, -0.25) is 4.90 Å². The molecule has 1 aromatic rings. The highest BCUT2D eigenvalue weighted by Gasteiger charge is 2.21. The fraction of sp³-hybridized carbons (Fsp3) is 0.647. The van der Waals surface area contributed by atoms with Gasteiger partial charge in [0, 0.05) is 44.5 Å². The van der Waals surface area contributed by atoms with Gasteiger partial charge in [-0.25, -0.2) is 0 Å². The summed E-state index contributed by atoms with van der Waals surface area (Å²) in [6.07, 6.45) is 1.25. The molecular formula is C17H29N3. The Hall–Kier alpha value is -1.06. The van der Waals surface area contributed by atoms with E-state index in [2.05, 4.69) is 60.2 Å². The molecule has 1 heterocycles. The molecule has 20 heavy (non-hydrogen) atoms. The van der Waals surface area contributed by atoms with Crippen LogP contribution in [0.2, 0.25) is 0 Å². The van der Waals surface area contributed by atoms with Crippen LogP contribution >= 0.6 is 0 Å². The molecule has 1 aliphatic rings. The monoisotopic (exact) mass is 275 g/mol. The summed E-state index contributed by atoms with van der Waals surface area (Å²) >= 11 is 0. The van der Waals surface area contributed by atoms with E-state index in [0.717, 1.165) is 26.2 Å². The minimum atomic E-state index is 0.717. The smallest absolute Gasteiger partial charge is 0.0412 e. The van der Waals surface area contributed by atoms with Crippen molar-refractivity contribution in [2.24, 2.45) is 0 Å². The molecular weight excluding hydrogens is 246 g/mol. The van der Waals surface area contributed by atoms with Crippen molar-refractivity contribution in [3.05, 3.63) is 29.8 Å². The van der Waals surface area contributed by atoms with Crippen molar-refractivity contribution in [1.29, 1.82) is 0 Å². The number of hydrogen-bond acceptors (Lipinski definition) is 3. The van der Waals surface area contributed by atoms with Crippen LogP contribution in [0.3, 0.4) is 0 Å². The summed E-state index contributed by atoms with van der Waals surface area (Å²) < 4.78 is 0. The van der Waals surface area contributed by atoms with Gasteiger partial charge in [0.05, 0.1) is 0 Å². The molecule has 0 amide bonds. The Balaban J connectivity index is 1.99. The van der Waals surface area contributed by atoms with E-state index in [1.165, 1.54) is 30.8 Å². The van der Waals surface area contributed by atoms with Gasteiger partial charge in [0.25, 0.3) is 0 Å². The van der Waals surface area contributed by atoms with E-state index < -0.39 is 0 Å². The highest BCUT2D eigenvalue weighted by atomic mass is 15.3. The Bertz CT molecular complexity index is 397. The average Bonchev–Trinajstić information content (AvgIpc) is 2.52. The molecule has 1 aromatic carbocycles. The first-order valence-corrected chi connectivity index (χ1v) is 8.03. The van der Waals surface area contributed by atoms with Crippen molar-refractivity contribution in [2.45, 2.75) is 39.8 Å². The standard InChI is InChI=1S/C17H29N3/c1-4-15(3)19-10-12-20(13-11-19)17-9-7-6-8-16(17)14-18-5-2/h6-9,15,18H,4-5,10-14H2,1-3H3. The molecule has 1 atom stereocenters. The first kappa shape index (κ1) is 15.3. The Labute approximate surface area is 124 Å². The number of nitrogens with zero attached hydrogens (tertiary/aromatic N) is 2. The number of rotatable bonds is 6. The first-order chi connectivity index (χ1) is 9.76. The molecule has 1 aliphatic heterocycles. The number of para-hydroxylation sites is 1. The number of anilines is 1. The predicted molar refractivity (Wildman–Crippen MR) is 87.4 cm³/mol. The maximum atomic E-state index is 3.44. The Morgan fingerprint density at radius 1 is 1.10 bits per heavy atom. The minimum Gasteiger partial charge on any atom is -0.369 e. The number of nitrogens with one attached hydrogen (secondary N) is 1. The van der Waals surface area contributed by atoms with E-state index >= 15 is 0 Å². The molecule has 112 valence electrons. The molecule has 1 saturated heterocycles. The molecule has 1 fully saturated rings. The maximum absolute atomic E-state index is 3.44. The number of hydrogen-bond donors (Lipinski definition) is 1. The zero-order chi connectivity index (χ0) is 14.4. The van der Waals surface area contributed by atoms with Gasteiger partial charge < -0.3 is 10.2 Å². The van der Waals surface area contributed by atoms with E-state index in [9.17, 15) is 0 Å².